The van der Waals surface area contributed by atoms with Crippen molar-refractivity contribution >= 4 is 40.1 Å². The lowest BCUT2D eigenvalue weighted by Crippen LogP contribution is -2.35. The number of thioether (sulfide) groups is 1. The van der Waals surface area contributed by atoms with E-state index in [1.165, 1.54) is 11.8 Å². The number of carbonyl (C=O) groups excluding carboxylic acids is 2. The number of methoxy groups -OCH3 is 3. The average Bonchev–Trinajstić information content (AvgIpc) is 3.26. The van der Waals surface area contributed by atoms with Gasteiger partial charge in [0.15, 0.2) is 16.7 Å². The number of nitrogens with zero attached hydrogens (tertiary/aromatic N) is 2. The van der Waals surface area contributed by atoms with Gasteiger partial charge in [0.1, 0.15) is 16.7 Å². The molecule has 1 saturated heterocycles. The summed E-state index contributed by atoms with van der Waals surface area (Å²) in [5, 5.41) is 2.83. The van der Waals surface area contributed by atoms with E-state index in [1.807, 2.05) is 49.4 Å². The molecule has 3 aromatic carbocycles. The summed E-state index contributed by atoms with van der Waals surface area (Å²) in [4.78, 5) is 32.8. The molecule has 9 nitrogen and oxygen atoms in total. The van der Waals surface area contributed by atoms with Gasteiger partial charge < -0.3 is 24.3 Å². The highest BCUT2D eigenvalue weighted by molar-refractivity contribution is 8.15. The molecule has 1 atom stereocenters. The number of amides is 2. The van der Waals surface area contributed by atoms with Crippen LogP contribution in [0.1, 0.15) is 18.9 Å². The van der Waals surface area contributed by atoms with Crippen LogP contribution in [-0.2, 0) is 16.0 Å². The van der Waals surface area contributed by atoms with E-state index >= 15 is 0 Å². The normalized spacial score (nSPS) is 15.7. The fourth-order valence-electron chi connectivity index (χ4n) is 4.16. The van der Waals surface area contributed by atoms with Gasteiger partial charge in [0.2, 0.25) is 11.8 Å². The first-order valence-electron chi connectivity index (χ1n) is 12.9. The molecule has 1 heterocycles. The minimum Gasteiger partial charge on any atom is -0.497 e. The average molecular weight is 564 g/mol. The number of anilines is 1. The molecule has 1 aliphatic heterocycles. The number of ether oxygens (including phenoxy) is 4. The van der Waals surface area contributed by atoms with Gasteiger partial charge in [-0.05, 0) is 79.6 Å². The molecule has 10 heteroatoms. The Bertz CT molecular complexity index is 1340. The SMILES string of the molecule is CCOc1ccc(NC(=O)CC2SC(=Nc3ccc(OC)cc3)N(CCc3ccc(OC)c(OC)c3)C2=O)cc1. The number of carbonyl (C=O) groups is 2. The summed E-state index contributed by atoms with van der Waals surface area (Å²) in [5.41, 5.74) is 2.31. The Labute approximate surface area is 238 Å². The van der Waals surface area contributed by atoms with E-state index < -0.39 is 5.25 Å². The second kappa shape index (κ2) is 13.7. The summed E-state index contributed by atoms with van der Waals surface area (Å²) < 4.78 is 21.4. The predicted molar refractivity (Wildman–Crippen MR) is 157 cm³/mol. The highest BCUT2D eigenvalue weighted by Crippen LogP contribution is 2.33. The first-order chi connectivity index (χ1) is 19.4. The van der Waals surface area contributed by atoms with Crippen molar-refractivity contribution in [3.63, 3.8) is 0 Å². The molecule has 210 valence electrons. The van der Waals surface area contributed by atoms with Crippen LogP contribution in [0.2, 0.25) is 0 Å². The molecular formula is C30H33N3O6S. The molecular weight excluding hydrogens is 530 g/mol. The van der Waals surface area contributed by atoms with Gasteiger partial charge >= 0.3 is 0 Å². The van der Waals surface area contributed by atoms with Crippen molar-refractivity contribution in [3.05, 3.63) is 72.3 Å². The summed E-state index contributed by atoms with van der Waals surface area (Å²) in [6.07, 6.45) is 0.588. The molecule has 4 rings (SSSR count). The molecule has 0 spiro atoms. The summed E-state index contributed by atoms with van der Waals surface area (Å²) in [5.74, 6) is 2.30. The Morgan fingerprint density at radius 3 is 2.27 bits per heavy atom. The molecule has 3 aromatic rings. The van der Waals surface area contributed by atoms with Crippen molar-refractivity contribution in [1.82, 2.24) is 4.90 Å². The molecule has 1 fully saturated rings. The fraction of sp³-hybridized carbons (Fsp3) is 0.300. The molecule has 0 aromatic heterocycles. The van der Waals surface area contributed by atoms with Gasteiger partial charge in [-0.25, -0.2) is 4.99 Å². The fourth-order valence-corrected chi connectivity index (χ4v) is 5.34. The van der Waals surface area contributed by atoms with Crippen LogP contribution >= 0.6 is 11.8 Å². The summed E-state index contributed by atoms with van der Waals surface area (Å²) >= 11 is 1.30. The zero-order valence-electron chi connectivity index (χ0n) is 23.0. The third-order valence-corrected chi connectivity index (χ3v) is 7.38. The third kappa shape index (κ3) is 7.26. The molecule has 0 radical (unpaired) electrons. The largest absolute Gasteiger partial charge is 0.497 e. The van der Waals surface area contributed by atoms with Gasteiger partial charge in [-0.1, -0.05) is 17.8 Å². The van der Waals surface area contributed by atoms with E-state index in [9.17, 15) is 9.59 Å². The van der Waals surface area contributed by atoms with E-state index in [2.05, 4.69) is 5.32 Å². The van der Waals surface area contributed by atoms with Gasteiger partial charge in [0.25, 0.3) is 0 Å². The summed E-state index contributed by atoms with van der Waals surface area (Å²) in [6, 6.07) is 20.1. The first-order valence-corrected chi connectivity index (χ1v) is 13.8. The topological polar surface area (TPSA) is 98.7 Å². The maximum absolute atomic E-state index is 13.5. The zero-order valence-corrected chi connectivity index (χ0v) is 23.8. The van der Waals surface area contributed by atoms with Crippen molar-refractivity contribution in [2.24, 2.45) is 4.99 Å². The molecule has 1 N–H and O–H groups in total. The lowest BCUT2D eigenvalue weighted by atomic mass is 10.1. The molecule has 1 unspecified atom stereocenters. The smallest absolute Gasteiger partial charge is 0.242 e. The Kier molecular flexibility index (Phi) is 9.91. The van der Waals surface area contributed by atoms with Gasteiger partial charge in [-0.15, -0.1) is 0 Å². The summed E-state index contributed by atoms with van der Waals surface area (Å²) in [6.45, 7) is 2.87. The molecule has 2 amide bonds. The Morgan fingerprint density at radius 2 is 1.62 bits per heavy atom. The van der Waals surface area contributed by atoms with E-state index in [-0.39, 0.29) is 18.2 Å². The second-order valence-corrected chi connectivity index (χ2v) is 10.0. The Balaban J connectivity index is 1.49. The molecule has 0 bridgehead atoms. The van der Waals surface area contributed by atoms with Crippen LogP contribution in [0.25, 0.3) is 0 Å². The standard InChI is InChI=1S/C30H33N3O6S/c1-5-39-24-13-9-21(10-14-24)31-28(34)19-27-29(35)33(17-16-20-6-15-25(37-3)26(18-20)38-4)30(40-27)32-22-7-11-23(36-2)12-8-22/h6-15,18,27H,5,16-17,19H2,1-4H3,(H,31,34). The van der Waals surface area contributed by atoms with Crippen molar-refractivity contribution in [2.75, 3.05) is 39.8 Å². The van der Waals surface area contributed by atoms with Crippen molar-refractivity contribution in [2.45, 2.75) is 25.0 Å². The lowest BCUT2D eigenvalue weighted by Gasteiger charge is -2.17. The monoisotopic (exact) mass is 563 g/mol. The van der Waals surface area contributed by atoms with Crippen LogP contribution in [0.4, 0.5) is 11.4 Å². The van der Waals surface area contributed by atoms with E-state index in [1.54, 1.807) is 50.5 Å². The van der Waals surface area contributed by atoms with E-state index in [0.29, 0.717) is 53.4 Å². The van der Waals surface area contributed by atoms with Crippen molar-refractivity contribution < 1.29 is 28.5 Å². The van der Waals surface area contributed by atoms with E-state index in [4.69, 9.17) is 23.9 Å². The molecule has 0 saturated carbocycles. The maximum atomic E-state index is 13.5. The molecule has 1 aliphatic rings. The second-order valence-electron chi connectivity index (χ2n) is 8.84. The van der Waals surface area contributed by atoms with Crippen LogP contribution in [0, 0.1) is 0 Å². The lowest BCUT2D eigenvalue weighted by molar-refractivity contribution is -0.128. The number of hydrogen-bond acceptors (Lipinski definition) is 8. The zero-order chi connectivity index (χ0) is 28.5. The van der Waals surface area contributed by atoms with Crippen LogP contribution in [0.15, 0.2) is 71.7 Å². The predicted octanol–water partition coefficient (Wildman–Crippen LogP) is 5.31. The quantitative estimate of drug-likeness (QED) is 0.319. The minimum absolute atomic E-state index is 0.0191. The van der Waals surface area contributed by atoms with Gasteiger partial charge in [-0.3, -0.25) is 14.5 Å². The third-order valence-electron chi connectivity index (χ3n) is 6.21. The Morgan fingerprint density at radius 1 is 0.925 bits per heavy atom. The highest BCUT2D eigenvalue weighted by atomic mass is 32.2. The van der Waals surface area contributed by atoms with Crippen LogP contribution < -0.4 is 24.3 Å². The Hall–Kier alpha value is -4.18. The maximum Gasteiger partial charge on any atom is 0.242 e. The van der Waals surface area contributed by atoms with Crippen molar-refractivity contribution in [3.8, 4) is 23.0 Å². The highest BCUT2D eigenvalue weighted by Gasteiger charge is 2.39. The van der Waals surface area contributed by atoms with Crippen molar-refractivity contribution in [1.29, 1.82) is 0 Å². The molecule has 40 heavy (non-hydrogen) atoms. The van der Waals surface area contributed by atoms with Crippen LogP contribution in [0.5, 0.6) is 23.0 Å². The van der Waals surface area contributed by atoms with E-state index in [0.717, 1.165) is 11.3 Å². The number of rotatable bonds is 12. The number of amidine groups is 1. The number of nitrogens with one attached hydrogen (secondary N) is 1. The minimum atomic E-state index is -0.593. The number of benzene rings is 3. The van der Waals surface area contributed by atoms with Gasteiger partial charge in [-0.2, -0.15) is 0 Å². The van der Waals surface area contributed by atoms with Gasteiger partial charge in [0.05, 0.1) is 33.6 Å². The summed E-state index contributed by atoms with van der Waals surface area (Å²) in [7, 11) is 4.78. The first kappa shape index (κ1) is 28.8. The number of hydrogen-bond donors (Lipinski definition) is 1. The van der Waals surface area contributed by atoms with Crippen LogP contribution in [0.3, 0.4) is 0 Å². The van der Waals surface area contributed by atoms with Crippen LogP contribution in [-0.4, -0.2) is 61.6 Å². The molecule has 0 aliphatic carbocycles. The number of aliphatic imine (C=N–C) groups is 1. The van der Waals surface area contributed by atoms with Gasteiger partial charge in [0, 0.05) is 18.7 Å².